The number of fused-ring (bicyclic) bond motifs is 3. The van der Waals surface area contributed by atoms with Gasteiger partial charge in [0.25, 0.3) is 5.56 Å². The molecule has 0 amide bonds. The van der Waals surface area contributed by atoms with E-state index in [2.05, 4.69) is 4.98 Å². The Kier molecular flexibility index (Phi) is 4.21. The molecule has 0 N–H and O–H groups in total. The number of Topliss-reactive ketones (excluding diaryl/α,β-unsaturated/α-hetero) is 1. The van der Waals surface area contributed by atoms with Gasteiger partial charge >= 0.3 is 0 Å². The lowest BCUT2D eigenvalue weighted by atomic mass is 10.1. The van der Waals surface area contributed by atoms with Gasteiger partial charge in [-0.25, -0.2) is 9.37 Å². The Morgan fingerprint density at radius 1 is 1.32 bits per heavy atom. The van der Waals surface area contributed by atoms with E-state index in [-0.39, 0.29) is 22.9 Å². The minimum atomic E-state index is -0.371. The number of aryl methyl sites for hydroxylation is 2. The van der Waals surface area contributed by atoms with E-state index in [9.17, 15) is 14.0 Å². The molecule has 0 atom stereocenters. The van der Waals surface area contributed by atoms with Crippen molar-refractivity contribution in [2.45, 2.75) is 24.4 Å². The van der Waals surface area contributed by atoms with Crippen molar-refractivity contribution < 1.29 is 9.18 Å². The van der Waals surface area contributed by atoms with Crippen LogP contribution in [0.3, 0.4) is 0 Å². The Labute approximate surface area is 151 Å². The van der Waals surface area contributed by atoms with Gasteiger partial charge in [0.2, 0.25) is 0 Å². The van der Waals surface area contributed by atoms with Crippen LogP contribution in [0.15, 0.2) is 34.2 Å². The largest absolute Gasteiger partial charge is 0.293 e. The fourth-order valence-electron chi connectivity index (χ4n) is 3.08. The fraction of sp³-hybridized carbons (Fsp3) is 0.278. The number of hydrogen-bond acceptors (Lipinski definition) is 5. The predicted octanol–water partition coefficient (Wildman–Crippen LogP) is 3.60. The monoisotopic (exact) mass is 374 g/mol. The van der Waals surface area contributed by atoms with E-state index in [0.717, 1.165) is 35.0 Å². The van der Waals surface area contributed by atoms with E-state index < -0.39 is 0 Å². The van der Waals surface area contributed by atoms with Crippen molar-refractivity contribution in [2.75, 3.05) is 5.75 Å². The fourth-order valence-corrected chi connectivity index (χ4v) is 5.25. The number of rotatable bonds is 4. The summed E-state index contributed by atoms with van der Waals surface area (Å²) in [5.74, 6) is -0.333. The van der Waals surface area contributed by atoms with Crippen LogP contribution in [0.2, 0.25) is 0 Å². The van der Waals surface area contributed by atoms with Gasteiger partial charge in [-0.2, -0.15) is 0 Å². The van der Waals surface area contributed by atoms with Gasteiger partial charge in [-0.05, 0) is 49.1 Å². The number of halogens is 1. The minimum absolute atomic E-state index is 0.0406. The molecule has 3 aromatic rings. The summed E-state index contributed by atoms with van der Waals surface area (Å²) in [7, 11) is 1.69. The van der Waals surface area contributed by atoms with Crippen LogP contribution < -0.4 is 5.56 Å². The summed E-state index contributed by atoms with van der Waals surface area (Å²) >= 11 is 2.83. The first-order chi connectivity index (χ1) is 12.0. The molecule has 128 valence electrons. The lowest BCUT2D eigenvalue weighted by Gasteiger charge is -2.07. The summed E-state index contributed by atoms with van der Waals surface area (Å²) in [6, 6.07) is 5.48. The highest BCUT2D eigenvalue weighted by molar-refractivity contribution is 7.99. The van der Waals surface area contributed by atoms with E-state index in [1.54, 1.807) is 18.4 Å². The van der Waals surface area contributed by atoms with Crippen molar-refractivity contribution in [3.8, 4) is 0 Å². The zero-order valence-corrected chi connectivity index (χ0v) is 15.2. The van der Waals surface area contributed by atoms with Gasteiger partial charge in [0.15, 0.2) is 10.9 Å². The predicted molar refractivity (Wildman–Crippen MR) is 98.3 cm³/mol. The molecule has 0 aliphatic heterocycles. The van der Waals surface area contributed by atoms with E-state index >= 15 is 0 Å². The van der Waals surface area contributed by atoms with Crippen LogP contribution >= 0.6 is 23.1 Å². The molecule has 1 aliphatic carbocycles. The number of carbonyl (C=O) groups excluding carboxylic acids is 1. The van der Waals surface area contributed by atoms with Crippen LogP contribution in [0.25, 0.3) is 10.2 Å². The zero-order chi connectivity index (χ0) is 17.6. The van der Waals surface area contributed by atoms with Gasteiger partial charge in [0.1, 0.15) is 10.6 Å². The van der Waals surface area contributed by atoms with Crippen LogP contribution in [0.5, 0.6) is 0 Å². The highest BCUT2D eigenvalue weighted by Crippen LogP contribution is 2.35. The number of carbonyl (C=O) groups is 1. The van der Waals surface area contributed by atoms with Crippen molar-refractivity contribution in [3.05, 3.63) is 56.4 Å². The Morgan fingerprint density at radius 3 is 2.84 bits per heavy atom. The van der Waals surface area contributed by atoms with E-state index in [1.807, 2.05) is 0 Å². The van der Waals surface area contributed by atoms with Crippen molar-refractivity contribution in [1.82, 2.24) is 9.55 Å². The molecule has 0 unspecified atom stereocenters. The average Bonchev–Trinajstić information content (AvgIpc) is 3.17. The number of aromatic nitrogens is 2. The second kappa shape index (κ2) is 6.38. The molecule has 0 spiro atoms. The number of benzene rings is 1. The summed E-state index contributed by atoms with van der Waals surface area (Å²) in [4.78, 5) is 31.6. The highest BCUT2D eigenvalue weighted by Gasteiger charge is 2.22. The molecular formula is C18H15FN2O2S2. The van der Waals surface area contributed by atoms with Gasteiger partial charge in [-0.15, -0.1) is 11.3 Å². The van der Waals surface area contributed by atoms with E-state index in [0.29, 0.717) is 10.7 Å². The number of ketones is 1. The minimum Gasteiger partial charge on any atom is -0.293 e. The second-order valence-corrected chi connectivity index (χ2v) is 8.04. The van der Waals surface area contributed by atoms with Crippen LogP contribution in [0, 0.1) is 5.82 Å². The molecule has 0 saturated carbocycles. The molecular weight excluding hydrogens is 359 g/mol. The molecule has 1 aromatic carbocycles. The van der Waals surface area contributed by atoms with Crippen molar-refractivity contribution in [3.63, 3.8) is 0 Å². The quantitative estimate of drug-likeness (QED) is 0.398. The summed E-state index contributed by atoms with van der Waals surface area (Å²) in [5, 5.41) is 1.28. The van der Waals surface area contributed by atoms with Crippen molar-refractivity contribution in [2.24, 2.45) is 7.05 Å². The van der Waals surface area contributed by atoms with E-state index in [1.165, 1.54) is 45.5 Å². The molecule has 0 radical (unpaired) electrons. The van der Waals surface area contributed by atoms with Crippen molar-refractivity contribution in [1.29, 1.82) is 0 Å². The lowest BCUT2D eigenvalue weighted by molar-refractivity contribution is 0.102. The van der Waals surface area contributed by atoms with Gasteiger partial charge in [-0.1, -0.05) is 11.8 Å². The topological polar surface area (TPSA) is 52.0 Å². The van der Waals surface area contributed by atoms with Crippen LogP contribution in [0.1, 0.15) is 27.2 Å². The summed E-state index contributed by atoms with van der Waals surface area (Å²) in [6.07, 6.45) is 3.07. The Bertz CT molecular complexity index is 1040. The maximum Gasteiger partial charge on any atom is 0.262 e. The van der Waals surface area contributed by atoms with E-state index in [4.69, 9.17) is 0 Å². The van der Waals surface area contributed by atoms with Crippen LogP contribution in [0.4, 0.5) is 4.39 Å². The Morgan fingerprint density at radius 2 is 2.08 bits per heavy atom. The first-order valence-corrected chi connectivity index (χ1v) is 9.77. The smallest absolute Gasteiger partial charge is 0.262 e. The third-order valence-electron chi connectivity index (χ3n) is 4.40. The Balaban J connectivity index is 1.61. The molecule has 2 heterocycles. The lowest BCUT2D eigenvalue weighted by Crippen LogP contribution is -2.20. The molecule has 0 bridgehead atoms. The van der Waals surface area contributed by atoms with Gasteiger partial charge < -0.3 is 0 Å². The number of thiophene rings is 1. The number of thioether (sulfide) groups is 1. The zero-order valence-electron chi connectivity index (χ0n) is 13.5. The molecule has 1 aliphatic rings. The summed E-state index contributed by atoms with van der Waals surface area (Å²) < 4.78 is 14.5. The standard InChI is InChI=1S/C18H15FN2O2S2/c1-21-17(23)15-12-3-2-4-14(12)25-16(15)20-18(21)24-9-13(22)10-5-7-11(19)8-6-10/h5-8H,2-4,9H2,1H3. The van der Waals surface area contributed by atoms with Gasteiger partial charge in [0, 0.05) is 17.5 Å². The molecule has 4 nitrogen and oxygen atoms in total. The van der Waals surface area contributed by atoms with Crippen LogP contribution in [-0.4, -0.2) is 21.1 Å². The molecule has 0 saturated heterocycles. The summed E-state index contributed by atoms with van der Waals surface area (Å²) in [5.41, 5.74) is 1.57. The maximum atomic E-state index is 13.0. The molecule has 25 heavy (non-hydrogen) atoms. The second-order valence-electron chi connectivity index (χ2n) is 6.01. The SMILES string of the molecule is Cn1c(SCC(=O)c2ccc(F)cc2)nc2sc3c(c2c1=O)CCC3. The third kappa shape index (κ3) is 2.91. The highest BCUT2D eigenvalue weighted by atomic mass is 32.2. The normalized spacial score (nSPS) is 13.4. The third-order valence-corrected chi connectivity index (χ3v) is 6.62. The first-order valence-electron chi connectivity index (χ1n) is 7.97. The molecule has 2 aromatic heterocycles. The van der Waals surface area contributed by atoms with Crippen LogP contribution in [-0.2, 0) is 19.9 Å². The van der Waals surface area contributed by atoms with Gasteiger partial charge in [-0.3, -0.25) is 14.2 Å². The number of hydrogen-bond donors (Lipinski definition) is 0. The van der Waals surface area contributed by atoms with Crippen molar-refractivity contribution >= 4 is 39.1 Å². The maximum absolute atomic E-state index is 13.0. The molecule has 0 fully saturated rings. The Hall–Kier alpha value is -1.99. The number of nitrogens with zero attached hydrogens (tertiary/aromatic N) is 2. The first kappa shape index (κ1) is 16.5. The summed E-state index contributed by atoms with van der Waals surface area (Å²) in [6.45, 7) is 0. The molecule has 7 heteroatoms. The molecule has 4 rings (SSSR count). The average molecular weight is 374 g/mol. The van der Waals surface area contributed by atoms with Gasteiger partial charge in [0.05, 0.1) is 11.1 Å².